The van der Waals surface area contributed by atoms with E-state index in [4.69, 9.17) is 16.7 Å². The van der Waals surface area contributed by atoms with Gasteiger partial charge in [0, 0.05) is 22.5 Å². The van der Waals surface area contributed by atoms with Crippen LogP contribution in [0.3, 0.4) is 0 Å². The third kappa shape index (κ3) is 2.25. The highest BCUT2D eigenvalue weighted by atomic mass is 35.5. The normalized spacial score (nSPS) is 10.8. The highest BCUT2D eigenvalue weighted by molar-refractivity contribution is 6.35. The SMILES string of the molecule is O=C(O)c1ccc2c(Cl)cnc(-c3cccc(F)c3O)c2c1. The Morgan fingerprint density at radius 2 is 1.95 bits per heavy atom. The molecule has 2 N–H and O–H groups in total. The zero-order valence-corrected chi connectivity index (χ0v) is 11.8. The predicted octanol–water partition coefficient (Wildman–Crippen LogP) is 4.10. The number of carboxylic acid groups (broad SMARTS) is 1. The summed E-state index contributed by atoms with van der Waals surface area (Å²) >= 11 is 6.07. The fraction of sp³-hybridized carbons (Fsp3) is 0. The second kappa shape index (κ2) is 5.27. The van der Waals surface area contributed by atoms with E-state index in [2.05, 4.69) is 4.98 Å². The lowest BCUT2D eigenvalue weighted by atomic mass is 10.0. The lowest BCUT2D eigenvalue weighted by Gasteiger charge is -2.10. The Balaban J connectivity index is 2.38. The molecule has 6 heteroatoms. The average Bonchev–Trinajstić information content (AvgIpc) is 2.50. The van der Waals surface area contributed by atoms with Gasteiger partial charge in [0.05, 0.1) is 16.3 Å². The fourth-order valence-electron chi connectivity index (χ4n) is 2.26. The Hall–Kier alpha value is -2.66. The van der Waals surface area contributed by atoms with Crippen LogP contribution in [0, 0.1) is 5.82 Å². The number of hydrogen-bond donors (Lipinski definition) is 2. The first-order valence-corrected chi connectivity index (χ1v) is 6.66. The first-order valence-electron chi connectivity index (χ1n) is 6.28. The molecule has 0 saturated heterocycles. The molecule has 3 aromatic rings. The molecule has 1 aromatic heterocycles. The van der Waals surface area contributed by atoms with Crippen LogP contribution in [-0.4, -0.2) is 21.2 Å². The highest BCUT2D eigenvalue weighted by Crippen LogP contribution is 2.36. The summed E-state index contributed by atoms with van der Waals surface area (Å²) in [7, 11) is 0. The van der Waals surface area contributed by atoms with Crippen LogP contribution in [0.1, 0.15) is 10.4 Å². The largest absolute Gasteiger partial charge is 0.504 e. The number of nitrogens with zero attached hydrogens (tertiary/aromatic N) is 1. The second-order valence-electron chi connectivity index (χ2n) is 4.66. The van der Waals surface area contributed by atoms with Crippen LogP contribution in [0.2, 0.25) is 5.02 Å². The number of aromatic nitrogens is 1. The molecule has 0 aliphatic heterocycles. The number of rotatable bonds is 2. The molecule has 0 spiro atoms. The summed E-state index contributed by atoms with van der Waals surface area (Å²) in [5.74, 6) is -2.42. The van der Waals surface area contributed by atoms with Crippen molar-refractivity contribution in [2.75, 3.05) is 0 Å². The van der Waals surface area contributed by atoms with E-state index < -0.39 is 17.5 Å². The van der Waals surface area contributed by atoms with E-state index in [1.807, 2.05) is 0 Å². The van der Waals surface area contributed by atoms with Gasteiger partial charge in [0.15, 0.2) is 11.6 Å². The zero-order chi connectivity index (χ0) is 15.9. The maximum atomic E-state index is 13.6. The van der Waals surface area contributed by atoms with Crippen molar-refractivity contribution in [3.63, 3.8) is 0 Å². The van der Waals surface area contributed by atoms with Gasteiger partial charge in [0.25, 0.3) is 0 Å². The van der Waals surface area contributed by atoms with Crippen molar-refractivity contribution >= 4 is 28.3 Å². The van der Waals surface area contributed by atoms with Gasteiger partial charge in [0.2, 0.25) is 0 Å². The quantitative estimate of drug-likeness (QED) is 0.746. The summed E-state index contributed by atoms with van der Waals surface area (Å²) in [6, 6.07) is 8.44. The van der Waals surface area contributed by atoms with Crippen molar-refractivity contribution in [2.24, 2.45) is 0 Å². The molecule has 0 saturated carbocycles. The van der Waals surface area contributed by atoms with Crippen LogP contribution in [0.15, 0.2) is 42.6 Å². The van der Waals surface area contributed by atoms with E-state index in [1.165, 1.54) is 30.5 Å². The number of phenolic OH excluding ortho intramolecular Hbond substituents is 1. The lowest BCUT2D eigenvalue weighted by molar-refractivity contribution is 0.0697. The number of phenols is 1. The summed E-state index contributed by atoms with van der Waals surface area (Å²) < 4.78 is 13.6. The van der Waals surface area contributed by atoms with Crippen molar-refractivity contribution in [1.82, 2.24) is 4.98 Å². The van der Waals surface area contributed by atoms with Gasteiger partial charge in [-0.15, -0.1) is 0 Å². The molecule has 0 atom stereocenters. The van der Waals surface area contributed by atoms with Gasteiger partial charge in [-0.25, -0.2) is 9.18 Å². The number of carbonyl (C=O) groups is 1. The van der Waals surface area contributed by atoms with Gasteiger partial charge in [-0.2, -0.15) is 0 Å². The minimum atomic E-state index is -1.10. The minimum Gasteiger partial charge on any atom is -0.504 e. The van der Waals surface area contributed by atoms with Crippen LogP contribution < -0.4 is 0 Å². The smallest absolute Gasteiger partial charge is 0.335 e. The summed E-state index contributed by atoms with van der Waals surface area (Å²) in [4.78, 5) is 15.3. The van der Waals surface area contributed by atoms with Crippen molar-refractivity contribution in [1.29, 1.82) is 0 Å². The molecule has 0 aliphatic rings. The number of para-hydroxylation sites is 1. The predicted molar refractivity (Wildman–Crippen MR) is 80.8 cm³/mol. The number of pyridine rings is 1. The third-order valence-corrected chi connectivity index (χ3v) is 3.63. The Labute approximate surface area is 129 Å². The van der Waals surface area contributed by atoms with Gasteiger partial charge in [-0.05, 0) is 24.3 Å². The number of benzene rings is 2. The fourth-order valence-corrected chi connectivity index (χ4v) is 2.48. The molecule has 4 nitrogen and oxygen atoms in total. The van der Waals surface area contributed by atoms with Crippen LogP contribution in [0.25, 0.3) is 22.0 Å². The monoisotopic (exact) mass is 317 g/mol. The average molecular weight is 318 g/mol. The topological polar surface area (TPSA) is 70.4 Å². The minimum absolute atomic E-state index is 0.0497. The standard InChI is InChI=1S/C16H9ClFNO3/c17-12-7-19-14(10-2-1-3-13(18)15(10)20)11-6-8(16(21)22)4-5-9(11)12/h1-7,20H,(H,21,22). The van der Waals surface area contributed by atoms with E-state index in [1.54, 1.807) is 6.07 Å². The van der Waals surface area contributed by atoms with Crippen molar-refractivity contribution < 1.29 is 19.4 Å². The highest BCUT2D eigenvalue weighted by Gasteiger charge is 2.16. The summed E-state index contributed by atoms with van der Waals surface area (Å²) in [5.41, 5.74) is 0.484. The number of halogens is 2. The van der Waals surface area contributed by atoms with Crippen LogP contribution in [0.5, 0.6) is 5.75 Å². The number of aromatic carboxylic acids is 1. The van der Waals surface area contributed by atoms with E-state index in [9.17, 15) is 14.3 Å². The number of fused-ring (bicyclic) bond motifs is 1. The summed E-state index contributed by atoms with van der Waals surface area (Å²) in [6.07, 6.45) is 1.38. The molecule has 2 aromatic carbocycles. The first-order chi connectivity index (χ1) is 10.5. The Bertz CT molecular complexity index is 911. The second-order valence-corrected chi connectivity index (χ2v) is 5.06. The Kier molecular flexibility index (Phi) is 3.42. The van der Waals surface area contributed by atoms with Crippen LogP contribution in [0.4, 0.5) is 4.39 Å². The molecule has 0 aliphatic carbocycles. The Morgan fingerprint density at radius 3 is 2.68 bits per heavy atom. The number of carboxylic acids is 1. The maximum absolute atomic E-state index is 13.6. The number of hydrogen-bond acceptors (Lipinski definition) is 3. The van der Waals surface area contributed by atoms with Crippen molar-refractivity contribution in [2.45, 2.75) is 0 Å². The molecule has 3 rings (SSSR count). The third-order valence-electron chi connectivity index (χ3n) is 3.33. The molecule has 110 valence electrons. The van der Waals surface area contributed by atoms with Gasteiger partial charge in [-0.3, -0.25) is 4.98 Å². The van der Waals surface area contributed by atoms with Crippen LogP contribution >= 0.6 is 11.6 Å². The van der Waals surface area contributed by atoms with E-state index in [0.29, 0.717) is 15.8 Å². The van der Waals surface area contributed by atoms with Gasteiger partial charge >= 0.3 is 5.97 Å². The number of aromatic hydroxyl groups is 1. The lowest BCUT2D eigenvalue weighted by Crippen LogP contribution is -1.97. The van der Waals surface area contributed by atoms with Gasteiger partial charge in [0.1, 0.15) is 0 Å². The van der Waals surface area contributed by atoms with Gasteiger partial charge < -0.3 is 10.2 Å². The summed E-state index contributed by atoms with van der Waals surface area (Å²) in [5, 5.41) is 20.3. The first kappa shape index (κ1) is 14.3. The molecule has 0 bridgehead atoms. The molecule has 1 heterocycles. The maximum Gasteiger partial charge on any atom is 0.335 e. The van der Waals surface area contributed by atoms with E-state index >= 15 is 0 Å². The molecule has 0 fully saturated rings. The molecular weight excluding hydrogens is 309 g/mol. The van der Waals surface area contributed by atoms with Crippen molar-refractivity contribution in [3.05, 3.63) is 59.0 Å². The van der Waals surface area contributed by atoms with E-state index in [0.717, 1.165) is 6.07 Å². The Morgan fingerprint density at radius 1 is 1.18 bits per heavy atom. The molecule has 0 radical (unpaired) electrons. The molecule has 22 heavy (non-hydrogen) atoms. The summed E-state index contributed by atoms with van der Waals surface area (Å²) in [6.45, 7) is 0. The molecule has 0 unspecified atom stereocenters. The zero-order valence-electron chi connectivity index (χ0n) is 11.0. The van der Waals surface area contributed by atoms with Crippen LogP contribution in [-0.2, 0) is 0 Å². The van der Waals surface area contributed by atoms with Gasteiger partial charge in [-0.1, -0.05) is 23.7 Å². The molecular formula is C16H9ClFNO3. The van der Waals surface area contributed by atoms with E-state index in [-0.39, 0.29) is 16.8 Å². The van der Waals surface area contributed by atoms with Crippen molar-refractivity contribution in [3.8, 4) is 17.0 Å². The molecule has 0 amide bonds.